The minimum Gasteiger partial charge on any atom is -0.125 e. The molecule has 88 valence electrons. The summed E-state index contributed by atoms with van der Waals surface area (Å²) in [5.74, 6) is 0. The van der Waals surface area contributed by atoms with Gasteiger partial charge in [-0.25, -0.2) is 0 Å². The van der Waals surface area contributed by atoms with Crippen molar-refractivity contribution in [1.82, 2.24) is 0 Å². The zero-order valence-electron chi connectivity index (χ0n) is 10.1. The Hall–Kier alpha value is -1.65. The first-order valence-electron chi connectivity index (χ1n) is 6.14. The zero-order chi connectivity index (χ0) is 12.4. The molecule has 2 atom stereocenters. The lowest BCUT2D eigenvalue weighted by molar-refractivity contribution is 1.18. The topological polar surface area (TPSA) is 0 Å². The first-order valence-corrected chi connectivity index (χ1v) is 6.81. The van der Waals surface area contributed by atoms with Crippen LogP contribution in [0.3, 0.4) is 0 Å². The molecule has 3 aromatic carbocycles. The van der Waals surface area contributed by atoms with Crippen LogP contribution in [0.1, 0.15) is 16.8 Å². The highest BCUT2D eigenvalue weighted by atomic mass is 31.0. The molecule has 0 heterocycles. The first-order chi connectivity index (χ1) is 8.86. The Bertz CT molecular complexity index is 653. The maximum Gasteiger partial charge on any atom is 0.0240 e. The molecule has 0 saturated carbocycles. The van der Waals surface area contributed by atoms with Gasteiger partial charge in [-0.2, -0.15) is 0 Å². The lowest BCUT2D eigenvalue weighted by Crippen LogP contribution is -1.93. The van der Waals surface area contributed by atoms with Crippen LogP contribution < -0.4 is 0 Å². The van der Waals surface area contributed by atoms with Crippen LogP contribution in [0.25, 0.3) is 10.8 Å². The van der Waals surface area contributed by atoms with Gasteiger partial charge in [0.15, 0.2) is 0 Å². The maximum absolute atomic E-state index is 2.96. The average molecular weight is 250 g/mol. The maximum atomic E-state index is 2.96. The van der Waals surface area contributed by atoms with Gasteiger partial charge in [-0.15, -0.1) is 9.24 Å². The SMILES string of the molecule is P[C@@H](c1ccccc1)c1cccc2ccccc12. The molecule has 3 aromatic rings. The Morgan fingerprint density at radius 3 is 2.17 bits per heavy atom. The van der Waals surface area contributed by atoms with Gasteiger partial charge < -0.3 is 0 Å². The second-order valence-corrected chi connectivity index (χ2v) is 5.12. The van der Waals surface area contributed by atoms with Gasteiger partial charge in [0.2, 0.25) is 0 Å². The molecule has 0 saturated heterocycles. The second-order valence-electron chi connectivity index (χ2n) is 4.46. The predicted molar refractivity (Wildman–Crippen MR) is 81.9 cm³/mol. The fourth-order valence-electron chi connectivity index (χ4n) is 2.36. The number of benzene rings is 3. The molecule has 0 fully saturated rings. The summed E-state index contributed by atoms with van der Waals surface area (Å²) < 4.78 is 0. The van der Waals surface area contributed by atoms with E-state index in [-0.39, 0.29) is 0 Å². The molecule has 0 spiro atoms. The van der Waals surface area contributed by atoms with Gasteiger partial charge in [0.25, 0.3) is 0 Å². The normalized spacial score (nSPS) is 12.5. The predicted octanol–water partition coefficient (Wildman–Crippen LogP) is 4.80. The van der Waals surface area contributed by atoms with E-state index in [9.17, 15) is 0 Å². The third-order valence-electron chi connectivity index (χ3n) is 3.32. The van der Waals surface area contributed by atoms with Gasteiger partial charge in [-0.1, -0.05) is 72.8 Å². The molecule has 0 aliphatic carbocycles. The van der Waals surface area contributed by atoms with E-state index in [1.54, 1.807) is 0 Å². The van der Waals surface area contributed by atoms with Gasteiger partial charge in [-0.3, -0.25) is 0 Å². The summed E-state index contributed by atoms with van der Waals surface area (Å²) in [4.78, 5) is 0. The third-order valence-corrected chi connectivity index (χ3v) is 4.06. The summed E-state index contributed by atoms with van der Waals surface area (Å²) in [6.07, 6.45) is 0. The Morgan fingerprint density at radius 1 is 0.667 bits per heavy atom. The molecule has 0 aliphatic heterocycles. The summed E-state index contributed by atoms with van der Waals surface area (Å²) in [7, 11) is 2.96. The fourth-order valence-corrected chi connectivity index (χ4v) is 2.87. The monoisotopic (exact) mass is 250 g/mol. The van der Waals surface area contributed by atoms with Gasteiger partial charge in [-0.05, 0) is 21.9 Å². The van der Waals surface area contributed by atoms with Crippen LogP contribution in [-0.2, 0) is 0 Å². The summed E-state index contributed by atoms with van der Waals surface area (Å²) in [5.41, 5.74) is 3.04. The van der Waals surface area contributed by atoms with Crippen molar-refractivity contribution in [3.05, 3.63) is 83.9 Å². The Labute approximate surface area is 110 Å². The highest BCUT2D eigenvalue weighted by molar-refractivity contribution is 7.17. The fraction of sp³-hybridized carbons (Fsp3) is 0.0588. The van der Waals surface area contributed by atoms with E-state index in [0.29, 0.717) is 5.66 Å². The average Bonchev–Trinajstić information content (AvgIpc) is 2.47. The molecular weight excluding hydrogens is 235 g/mol. The zero-order valence-corrected chi connectivity index (χ0v) is 11.2. The van der Waals surface area contributed by atoms with Crippen molar-refractivity contribution in [3.8, 4) is 0 Å². The van der Waals surface area contributed by atoms with Gasteiger partial charge >= 0.3 is 0 Å². The van der Waals surface area contributed by atoms with Crippen molar-refractivity contribution < 1.29 is 0 Å². The molecule has 0 radical (unpaired) electrons. The van der Waals surface area contributed by atoms with Crippen LogP contribution in [0.4, 0.5) is 0 Å². The highest BCUT2D eigenvalue weighted by Gasteiger charge is 2.10. The molecule has 0 nitrogen and oxygen atoms in total. The number of hydrogen-bond acceptors (Lipinski definition) is 0. The number of fused-ring (bicyclic) bond motifs is 1. The van der Waals surface area contributed by atoms with Crippen molar-refractivity contribution in [1.29, 1.82) is 0 Å². The Balaban J connectivity index is 2.15. The molecule has 0 aromatic heterocycles. The molecule has 18 heavy (non-hydrogen) atoms. The van der Waals surface area contributed by atoms with Crippen molar-refractivity contribution in [2.45, 2.75) is 5.66 Å². The summed E-state index contributed by atoms with van der Waals surface area (Å²) >= 11 is 0. The lowest BCUT2D eigenvalue weighted by Gasteiger charge is -2.15. The number of hydrogen-bond donors (Lipinski definition) is 0. The molecule has 1 heteroatoms. The van der Waals surface area contributed by atoms with Crippen LogP contribution in [0.15, 0.2) is 72.8 Å². The molecule has 0 aliphatic rings. The Kier molecular flexibility index (Phi) is 3.13. The van der Waals surface area contributed by atoms with E-state index in [0.717, 1.165) is 0 Å². The van der Waals surface area contributed by atoms with Gasteiger partial charge in [0.1, 0.15) is 0 Å². The third kappa shape index (κ3) is 2.05. The minimum atomic E-state index is 0.345. The molecular formula is C17H15P. The molecule has 0 bridgehead atoms. The lowest BCUT2D eigenvalue weighted by atomic mass is 9.98. The molecule has 0 amide bonds. The van der Waals surface area contributed by atoms with Crippen molar-refractivity contribution in [2.24, 2.45) is 0 Å². The van der Waals surface area contributed by atoms with E-state index in [2.05, 4.69) is 82.0 Å². The molecule has 0 N–H and O–H groups in total. The summed E-state index contributed by atoms with van der Waals surface area (Å²) in [6.45, 7) is 0. The van der Waals surface area contributed by atoms with Crippen molar-refractivity contribution in [3.63, 3.8) is 0 Å². The van der Waals surface area contributed by atoms with E-state index >= 15 is 0 Å². The standard InChI is InChI=1S/C17H15P/c18-17(14-8-2-1-3-9-14)16-12-6-10-13-7-4-5-11-15(13)16/h1-12,17H,18H2/t17-/m0/s1. The first kappa shape index (κ1) is 11.4. The Morgan fingerprint density at radius 2 is 1.33 bits per heavy atom. The van der Waals surface area contributed by atoms with Crippen molar-refractivity contribution in [2.75, 3.05) is 0 Å². The second kappa shape index (κ2) is 4.92. The van der Waals surface area contributed by atoms with E-state index in [1.807, 2.05) is 0 Å². The molecule has 3 rings (SSSR count). The summed E-state index contributed by atoms with van der Waals surface area (Å²) in [6, 6.07) is 25.7. The number of rotatable bonds is 2. The van der Waals surface area contributed by atoms with E-state index in [1.165, 1.54) is 21.9 Å². The minimum absolute atomic E-state index is 0.345. The highest BCUT2D eigenvalue weighted by Crippen LogP contribution is 2.35. The van der Waals surface area contributed by atoms with E-state index < -0.39 is 0 Å². The van der Waals surface area contributed by atoms with E-state index in [4.69, 9.17) is 0 Å². The van der Waals surface area contributed by atoms with Crippen LogP contribution in [0, 0.1) is 0 Å². The van der Waals surface area contributed by atoms with Crippen LogP contribution >= 0.6 is 9.24 Å². The van der Waals surface area contributed by atoms with Crippen LogP contribution in [0.5, 0.6) is 0 Å². The van der Waals surface area contributed by atoms with Crippen molar-refractivity contribution >= 4 is 20.0 Å². The smallest absolute Gasteiger partial charge is 0.0240 e. The van der Waals surface area contributed by atoms with Crippen LogP contribution in [-0.4, -0.2) is 0 Å². The quantitative estimate of drug-likeness (QED) is 0.573. The summed E-state index contributed by atoms with van der Waals surface area (Å²) in [5, 5.41) is 2.64. The van der Waals surface area contributed by atoms with Crippen LogP contribution in [0.2, 0.25) is 0 Å². The molecule has 1 unspecified atom stereocenters. The van der Waals surface area contributed by atoms with Gasteiger partial charge in [0.05, 0.1) is 0 Å². The van der Waals surface area contributed by atoms with Gasteiger partial charge in [0, 0.05) is 5.66 Å². The largest absolute Gasteiger partial charge is 0.125 e.